The fraction of sp³-hybridized carbons (Fsp3) is 0.167. The minimum atomic E-state index is -3.10. The predicted octanol–water partition coefficient (Wildman–Crippen LogP) is 1.09. The average Bonchev–Trinajstić information content (AvgIpc) is 1.86. The van der Waals surface area contributed by atoms with Gasteiger partial charge in [0, 0.05) is 12.5 Å². The van der Waals surface area contributed by atoms with Gasteiger partial charge in [0.05, 0.1) is 4.90 Å². The van der Waals surface area contributed by atoms with Crippen molar-refractivity contribution < 1.29 is 8.42 Å². The summed E-state index contributed by atoms with van der Waals surface area (Å²) in [5, 5.41) is 0. The van der Waals surface area contributed by atoms with E-state index in [1.54, 1.807) is 18.3 Å². The Morgan fingerprint density at radius 2 is 2.18 bits per heavy atom. The summed E-state index contributed by atoms with van der Waals surface area (Å²) in [6.45, 7) is 0. The molecular formula is C6H6INO2S. The van der Waals surface area contributed by atoms with E-state index in [4.69, 9.17) is 0 Å². The van der Waals surface area contributed by atoms with Gasteiger partial charge >= 0.3 is 0 Å². The van der Waals surface area contributed by atoms with Crippen molar-refractivity contribution in [1.82, 2.24) is 4.98 Å². The molecule has 3 nitrogen and oxygen atoms in total. The molecule has 1 aromatic heterocycles. The SMILES string of the molecule is CS(=O)(=O)c1cccnc1I. The molecule has 0 saturated heterocycles. The van der Waals surface area contributed by atoms with Crippen molar-refractivity contribution in [2.45, 2.75) is 4.90 Å². The highest BCUT2D eigenvalue weighted by Gasteiger charge is 2.10. The normalized spacial score (nSPS) is 11.5. The van der Waals surface area contributed by atoms with Crippen LogP contribution in [0.4, 0.5) is 0 Å². The van der Waals surface area contributed by atoms with E-state index >= 15 is 0 Å². The van der Waals surface area contributed by atoms with E-state index in [1.165, 1.54) is 6.26 Å². The number of rotatable bonds is 1. The quantitative estimate of drug-likeness (QED) is 0.572. The fourth-order valence-electron chi connectivity index (χ4n) is 0.648. The molecular weight excluding hydrogens is 277 g/mol. The first-order chi connectivity index (χ1) is 5.02. The minimum absolute atomic E-state index is 0.292. The Bertz CT molecular complexity index is 361. The van der Waals surface area contributed by atoms with Gasteiger partial charge in [-0.05, 0) is 34.7 Å². The summed E-state index contributed by atoms with van der Waals surface area (Å²) in [4.78, 5) is 4.15. The van der Waals surface area contributed by atoms with E-state index in [2.05, 4.69) is 4.98 Å². The van der Waals surface area contributed by atoms with Crippen LogP contribution in [0.25, 0.3) is 0 Å². The lowest BCUT2D eigenvalue weighted by Crippen LogP contribution is -2.00. The number of sulfone groups is 1. The zero-order chi connectivity index (χ0) is 8.48. The first kappa shape index (κ1) is 8.92. The Labute approximate surface area is 78.9 Å². The van der Waals surface area contributed by atoms with Gasteiger partial charge in [-0.25, -0.2) is 13.4 Å². The second-order valence-electron chi connectivity index (χ2n) is 2.06. The van der Waals surface area contributed by atoms with Crippen LogP contribution in [-0.4, -0.2) is 19.7 Å². The Morgan fingerprint density at radius 3 is 2.55 bits per heavy atom. The van der Waals surface area contributed by atoms with Crippen LogP contribution in [-0.2, 0) is 9.84 Å². The van der Waals surface area contributed by atoms with Crippen LogP contribution >= 0.6 is 22.6 Å². The van der Waals surface area contributed by atoms with Crippen molar-refractivity contribution in [3.05, 3.63) is 22.0 Å². The molecule has 60 valence electrons. The van der Waals surface area contributed by atoms with Crippen molar-refractivity contribution in [2.24, 2.45) is 0 Å². The molecule has 0 amide bonds. The number of pyridine rings is 1. The molecule has 11 heavy (non-hydrogen) atoms. The molecule has 0 aliphatic heterocycles. The van der Waals surface area contributed by atoms with Crippen LogP contribution in [0.5, 0.6) is 0 Å². The zero-order valence-corrected chi connectivity index (χ0v) is 8.76. The Morgan fingerprint density at radius 1 is 1.55 bits per heavy atom. The molecule has 0 aliphatic rings. The van der Waals surface area contributed by atoms with Crippen LogP contribution in [0, 0.1) is 3.70 Å². The molecule has 0 atom stereocenters. The smallest absolute Gasteiger partial charge is 0.178 e. The monoisotopic (exact) mass is 283 g/mol. The van der Waals surface area contributed by atoms with Crippen LogP contribution < -0.4 is 0 Å². The molecule has 0 saturated carbocycles. The molecule has 0 bridgehead atoms. The van der Waals surface area contributed by atoms with Gasteiger partial charge in [-0.15, -0.1) is 0 Å². The first-order valence-electron chi connectivity index (χ1n) is 2.82. The third kappa shape index (κ3) is 2.13. The van der Waals surface area contributed by atoms with Crippen LogP contribution in [0.3, 0.4) is 0 Å². The molecule has 0 N–H and O–H groups in total. The van der Waals surface area contributed by atoms with Gasteiger partial charge in [0.2, 0.25) is 0 Å². The lowest BCUT2D eigenvalue weighted by atomic mass is 10.5. The maximum atomic E-state index is 11.0. The summed E-state index contributed by atoms with van der Waals surface area (Å²) in [5.41, 5.74) is 0. The lowest BCUT2D eigenvalue weighted by molar-refractivity contribution is 0.601. The van der Waals surface area contributed by atoms with Gasteiger partial charge in [0.15, 0.2) is 9.84 Å². The Balaban J connectivity index is 3.37. The van der Waals surface area contributed by atoms with E-state index < -0.39 is 9.84 Å². The average molecular weight is 283 g/mol. The number of nitrogens with zero attached hydrogens (tertiary/aromatic N) is 1. The molecule has 0 aromatic carbocycles. The van der Waals surface area contributed by atoms with Crippen molar-refractivity contribution >= 4 is 32.4 Å². The van der Waals surface area contributed by atoms with E-state index in [9.17, 15) is 8.42 Å². The fourth-order valence-corrected chi connectivity index (χ4v) is 2.87. The van der Waals surface area contributed by atoms with Crippen molar-refractivity contribution in [2.75, 3.05) is 6.26 Å². The topological polar surface area (TPSA) is 47.0 Å². The second-order valence-corrected chi connectivity index (χ2v) is 5.07. The Hall–Kier alpha value is -0.170. The van der Waals surface area contributed by atoms with Gasteiger partial charge in [-0.1, -0.05) is 0 Å². The highest BCUT2D eigenvalue weighted by molar-refractivity contribution is 14.1. The van der Waals surface area contributed by atoms with Crippen molar-refractivity contribution in [3.8, 4) is 0 Å². The van der Waals surface area contributed by atoms with Gasteiger partial charge in [0.25, 0.3) is 0 Å². The summed E-state index contributed by atoms with van der Waals surface area (Å²) >= 11 is 1.90. The maximum Gasteiger partial charge on any atom is 0.178 e. The number of hydrogen-bond donors (Lipinski definition) is 0. The van der Waals surface area contributed by atoms with Crippen LogP contribution in [0.2, 0.25) is 0 Å². The number of halogens is 1. The molecule has 0 fully saturated rings. The van der Waals surface area contributed by atoms with Gasteiger partial charge in [0.1, 0.15) is 3.70 Å². The highest BCUT2D eigenvalue weighted by atomic mass is 127. The third-order valence-electron chi connectivity index (χ3n) is 1.12. The molecule has 1 aromatic rings. The Kier molecular flexibility index (Phi) is 2.48. The van der Waals surface area contributed by atoms with Crippen molar-refractivity contribution in [3.63, 3.8) is 0 Å². The molecule has 0 aliphatic carbocycles. The van der Waals surface area contributed by atoms with Gasteiger partial charge in [-0.2, -0.15) is 0 Å². The van der Waals surface area contributed by atoms with Crippen LogP contribution in [0.15, 0.2) is 23.2 Å². The first-order valence-corrected chi connectivity index (χ1v) is 5.79. The summed E-state index contributed by atoms with van der Waals surface area (Å²) in [6.07, 6.45) is 2.74. The molecule has 5 heteroatoms. The molecule has 0 radical (unpaired) electrons. The van der Waals surface area contributed by atoms with Crippen LogP contribution in [0.1, 0.15) is 0 Å². The molecule has 0 unspecified atom stereocenters. The molecule has 0 spiro atoms. The summed E-state index contributed by atoms with van der Waals surface area (Å²) in [6, 6.07) is 3.16. The highest BCUT2D eigenvalue weighted by Crippen LogP contribution is 2.13. The summed E-state index contributed by atoms with van der Waals surface area (Å²) in [7, 11) is -3.10. The minimum Gasteiger partial charge on any atom is -0.249 e. The number of aromatic nitrogens is 1. The summed E-state index contributed by atoms with van der Waals surface area (Å²) < 4.78 is 22.5. The van der Waals surface area contributed by atoms with E-state index in [0.29, 0.717) is 8.60 Å². The predicted molar refractivity (Wildman–Crippen MR) is 50.1 cm³/mol. The molecule has 1 rings (SSSR count). The zero-order valence-electron chi connectivity index (χ0n) is 5.78. The van der Waals surface area contributed by atoms with E-state index in [0.717, 1.165) is 0 Å². The summed E-state index contributed by atoms with van der Waals surface area (Å²) in [5.74, 6) is 0. The van der Waals surface area contributed by atoms with Gasteiger partial charge < -0.3 is 0 Å². The molecule has 1 heterocycles. The second kappa shape index (κ2) is 3.06. The van der Waals surface area contributed by atoms with Gasteiger partial charge in [-0.3, -0.25) is 0 Å². The van der Waals surface area contributed by atoms with Crippen molar-refractivity contribution in [1.29, 1.82) is 0 Å². The van der Waals surface area contributed by atoms with E-state index in [1.807, 2.05) is 22.6 Å². The largest absolute Gasteiger partial charge is 0.249 e. The lowest BCUT2D eigenvalue weighted by Gasteiger charge is -1.97. The van der Waals surface area contributed by atoms with E-state index in [-0.39, 0.29) is 0 Å². The maximum absolute atomic E-state index is 11.0. The third-order valence-corrected chi connectivity index (χ3v) is 3.48. The standard InChI is InChI=1S/C6H6INO2S/c1-11(9,10)5-3-2-4-8-6(5)7/h2-4H,1H3. The number of hydrogen-bond acceptors (Lipinski definition) is 3.